The van der Waals surface area contributed by atoms with Gasteiger partial charge in [-0.05, 0) is 129 Å². The molecule has 8 heteroatoms. The zero-order chi connectivity index (χ0) is 36.4. The molecule has 1 aromatic heterocycles. The number of aromatic nitrogens is 1. The van der Waals surface area contributed by atoms with Crippen molar-refractivity contribution in [3.63, 3.8) is 0 Å². The molecular formula is C43H68BrN3O4. The summed E-state index contributed by atoms with van der Waals surface area (Å²) in [4.78, 5) is 42.1. The average molecular weight is 771 g/mol. The lowest BCUT2D eigenvalue weighted by atomic mass is 9.44. The maximum absolute atomic E-state index is 13.1. The number of unbranched alkanes of at least 4 members (excludes halogenated alkanes) is 8. The van der Waals surface area contributed by atoms with Crippen LogP contribution in [0.2, 0.25) is 0 Å². The van der Waals surface area contributed by atoms with E-state index in [1.165, 1.54) is 89.9 Å². The molecule has 4 saturated carbocycles. The summed E-state index contributed by atoms with van der Waals surface area (Å²) < 4.78 is 5.79. The van der Waals surface area contributed by atoms with Crippen molar-refractivity contribution in [3.8, 4) is 0 Å². The predicted molar refractivity (Wildman–Crippen MR) is 211 cm³/mol. The third kappa shape index (κ3) is 10.2. The topological polar surface area (TPSA) is 97.4 Å². The molecule has 4 aliphatic rings. The summed E-state index contributed by atoms with van der Waals surface area (Å²) in [6.07, 6.45) is 24.0. The molecule has 4 fully saturated rings. The highest BCUT2D eigenvalue weighted by Gasteiger charge is 2.60. The van der Waals surface area contributed by atoms with Crippen molar-refractivity contribution in [2.24, 2.45) is 46.3 Å². The van der Waals surface area contributed by atoms with Crippen molar-refractivity contribution in [2.75, 3.05) is 16.0 Å². The van der Waals surface area contributed by atoms with Crippen LogP contribution >= 0.6 is 15.9 Å². The normalized spacial score (nSPS) is 31.9. The van der Waals surface area contributed by atoms with Crippen molar-refractivity contribution in [1.29, 1.82) is 0 Å². The first-order valence-electron chi connectivity index (χ1n) is 20.9. The summed E-state index contributed by atoms with van der Waals surface area (Å²) in [6, 6.07) is 5.43. The van der Waals surface area contributed by atoms with Gasteiger partial charge in [0, 0.05) is 12.8 Å². The van der Waals surface area contributed by atoms with Crippen LogP contribution in [0.25, 0.3) is 0 Å². The summed E-state index contributed by atoms with van der Waals surface area (Å²) in [5.41, 5.74) is 0.718. The molecule has 51 heavy (non-hydrogen) atoms. The number of hydrogen-bond acceptors (Lipinski definition) is 5. The number of hydrogen-bond donors (Lipinski definition) is 2. The number of amides is 2. The van der Waals surface area contributed by atoms with Crippen LogP contribution in [0.1, 0.15) is 163 Å². The maximum atomic E-state index is 13.1. The van der Waals surface area contributed by atoms with Crippen molar-refractivity contribution >= 4 is 45.3 Å². The Morgan fingerprint density at radius 3 is 2.14 bits per heavy atom. The van der Waals surface area contributed by atoms with Crippen molar-refractivity contribution < 1.29 is 19.1 Å². The standard InChI is InChI=1S/C43H68BrN3O4/c1-5-6-7-8-9-10-11-12-13-17-39(48)46-37-15-14-16-38(45-37)47-40(49)23-18-30(2)34-21-22-35-33-20-19-31-28-32(51-41(50)29-44)24-26-42(31,3)36(33)25-27-43(34,35)4/h14-16,30-36H,5-13,17-29H2,1-4H3,(H2,45,46,47,48,49)/t30-,31-,32-,33+,34-,35+,36+,42+,43-/m1/s1. The first-order valence-corrected chi connectivity index (χ1v) is 22.0. The van der Waals surface area contributed by atoms with Crippen LogP contribution in [0.4, 0.5) is 11.6 Å². The van der Waals surface area contributed by atoms with Gasteiger partial charge in [0.1, 0.15) is 23.1 Å². The lowest BCUT2D eigenvalue weighted by molar-refractivity contribution is -0.160. The van der Waals surface area contributed by atoms with Crippen LogP contribution in [0.3, 0.4) is 0 Å². The summed E-state index contributed by atoms with van der Waals surface area (Å²) >= 11 is 3.26. The summed E-state index contributed by atoms with van der Waals surface area (Å²) in [7, 11) is 0. The van der Waals surface area contributed by atoms with Gasteiger partial charge in [-0.15, -0.1) is 0 Å². The van der Waals surface area contributed by atoms with Gasteiger partial charge in [-0.2, -0.15) is 0 Å². The van der Waals surface area contributed by atoms with E-state index in [0.717, 1.165) is 49.9 Å². The molecule has 2 amide bonds. The zero-order valence-corrected chi connectivity index (χ0v) is 33.9. The number of nitrogens with one attached hydrogen (secondary N) is 2. The summed E-state index contributed by atoms with van der Waals surface area (Å²) in [6.45, 7) is 9.79. The number of carbonyl (C=O) groups excluding carboxylic acids is 3. The van der Waals surface area contributed by atoms with Gasteiger partial charge >= 0.3 is 5.97 Å². The molecule has 4 aliphatic carbocycles. The van der Waals surface area contributed by atoms with E-state index in [1.54, 1.807) is 12.1 Å². The first kappa shape index (κ1) is 40.2. The number of ether oxygens (including phenoxy) is 1. The maximum Gasteiger partial charge on any atom is 0.316 e. The Bertz CT molecular complexity index is 1310. The molecule has 9 atom stereocenters. The van der Waals surface area contributed by atoms with Crippen LogP contribution in [0.15, 0.2) is 18.2 Å². The molecule has 0 spiro atoms. The van der Waals surface area contributed by atoms with E-state index in [1.807, 2.05) is 6.07 Å². The van der Waals surface area contributed by atoms with Crippen LogP contribution < -0.4 is 10.6 Å². The predicted octanol–water partition coefficient (Wildman–Crippen LogP) is 11.3. The molecule has 1 aromatic rings. The zero-order valence-electron chi connectivity index (χ0n) is 32.3. The highest BCUT2D eigenvalue weighted by Crippen LogP contribution is 2.68. The second-order valence-electron chi connectivity index (χ2n) is 17.5. The van der Waals surface area contributed by atoms with Gasteiger partial charge in [0.25, 0.3) is 0 Å². The molecule has 0 aromatic carbocycles. The van der Waals surface area contributed by atoms with Gasteiger partial charge in [0.05, 0.1) is 0 Å². The lowest BCUT2D eigenvalue weighted by Crippen LogP contribution is -2.54. The van der Waals surface area contributed by atoms with Crippen LogP contribution in [0, 0.1) is 46.3 Å². The third-order valence-corrected chi connectivity index (χ3v) is 14.9. The number of halogens is 1. The Balaban J connectivity index is 1.04. The van der Waals surface area contributed by atoms with E-state index in [4.69, 9.17) is 4.74 Å². The molecule has 0 aliphatic heterocycles. The fraction of sp³-hybridized carbons (Fsp3) is 0.814. The van der Waals surface area contributed by atoms with E-state index in [2.05, 4.69) is 59.2 Å². The Labute approximate surface area is 317 Å². The smallest absolute Gasteiger partial charge is 0.316 e. The highest BCUT2D eigenvalue weighted by molar-refractivity contribution is 9.09. The van der Waals surface area contributed by atoms with Gasteiger partial charge in [-0.3, -0.25) is 14.4 Å². The van der Waals surface area contributed by atoms with Crippen molar-refractivity contribution in [1.82, 2.24) is 4.98 Å². The fourth-order valence-electron chi connectivity index (χ4n) is 11.7. The second kappa shape index (κ2) is 18.9. The highest BCUT2D eigenvalue weighted by atomic mass is 79.9. The molecule has 0 radical (unpaired) electrons. The average Bonchev–Trinajstić information content (AvgIpc) is 3.47. The van der Waals surface area contributed by atoms with E-state index in [0.29, 0.717) is 53.1 Å². The third-order valence-electron chi connectivity index (χ3n) is 14.4. The minimum atomic E-state index is -0.125. The Morgan fingerprint density at radius 1 is 0.824 bits per heavy atom. The Hall–Kier alpha value is -1.96. The fourth-order valence-corrected chi connectivity index (χ4v) is 11.8. The van der Waals surface area contributed by atoms with E-state index in [9.17, 15) is 14.4 Å². The van der Waals surface area contributed by atoms with E-state index >= 15 is 0 Å². The monoisotopic (exact) mass is 769 g/mol. The molecule has 0 bridgehead atoms. The number of pyridine rings is 1. The molecule has 7 nitrogen and oxygen atoms in total. The van der Waals surface area contributed by atoms with E-state index < -0.39 is 0 Å². The molecule has 0 unspecified atom stereocenters. The van der Waals surface area contributed by atoms with Crippen molar-refractivity contribution in [3.05, 3.63) is 18.2 Å². The van der Waals surface area contributed by atoms with Gasteiger partial charge in [0.2, 0.25) is 11.8 Å². The summed E-state index contributed by atoms with van der Waals surface area (Å²) in [5.74, 6) is 5.04. The number of anilines is 2. The first-order chi connectivity index (χ1) is 24.6. The van der Waals surface area contributed by atoms with Gasteiger partial charge in [0.15, 0.2) is 0 Å². The number of alkyl halides is 1. The molecule has 286 valence electrons. The van der Waals surface area contributed by atoms with Crippen molar-refractivity contribution in [2.45, 2.75) is 169 Å². The quantitative estimate of drug-likeness (QED) is 0.0880. The van der Waals surface area contributed by atoms with Gasteiger partial charge in [-0.1, -0.05) is 101 Å². The Kier molecular flexibility index (Phi) is 14.9. The molecule has 0 saturated heterocycles. The lowest BCUT2D eigenvalue weighted by Gasteiger charge is -2.61. The minimum absolute atomic E-state index is 0.000378. The SMILES string of the molecule is CCCCCCCCCCCC(=O)Nc1cccc(NC(=O)CC[C@@H](C)[C@H]2CC[C@H]3[C@@H]4CC[C@@H]5C[C@H](OC(=O)CBr)CC[C@]5(C)[C@H]4CC[C@]23C)n1. The minimum Gasteiger partial charge on any atom is -0.462 e. The molecule has 5 rings (SSSR count). The van der Waals surface area contributed by atoms with Crippen LogP contribution in [-0.4, -0.2) is 34.2 Å². The number of rotatable bonds is 18. The van der Waals surface area contributed by atoms with Gasteiger partial charge in [-0.25, -0.2) is 4.98 Å². The van der Waals surface area contributed by atoms with Crippen LogP contribution in [-0.2, 0) is 19.1 Å². The van der Waals surface area contributed by atoms with Gasteiger partial charge < -0.3 is 15.4 Å². The molecule has 2 N–H and O–H groups in total. The van der Waals surface area contributed by atoms with E-state index in [-0.39, 0.29) is 29.2 Å². The number of carbonyl (C=O) groups is 3. The number of esters is 1. The molecular weight excluding hydrogens is 702 g/mol. The largest absolute Gasteiger partial charge is 0.462 e. The second-order valence-corrected chi connectivity index (χ2v) is 18.1. The number of fused-ring (bicyclic) bond motifs is 5. The Morgan fingerprint density at radius 2 is 1.45 bits per heavy atom. The summed E-state index contributed by atoms with van der Waals surface area (Å²) in [5, 5.41) is 6.21. The number of nitrogens with zero attached hydrogens (tertiary/aromatic N) is 1. The van der Waals surface area contributed by atoms with Crippen LogP contribution in [0.5, 0.6) is 0 Å². The molecule has 1 heterocycles.